The molecular weight excluding hydrogens is 253 g/mol. The Morgan fingerprint density at radius 1 is 1.53 bits per heavy atom. The number of hydrogen-bond donors (Lipinski definition) is 2. The Hall–Kier alpha value is -2.18. The Morgan fingerprint density at radius 3 is 2.63 bits per heavy atom. The van der Waals surface area contributed by atoms with Crippen molar-refractivity contribution in [3.63, 3.8) is 0 Å². The summed E-state index contributed by atoms with van der Waals surface area (Å²) >= 11 is 0. The molecular formula is C12H14FN3O3. The lowest BCUT2D eigenvalue weighted by Crippen LogP contribution is -2.51. The molecule has 3 N–H and O–H groups in total. The van der Waals surface area contributed by atoms with Gasteiger partial charge in [0.25, 0.3) is 11.6 Å². The summed E-state index contributed by atoms with van der Waals surface area (Å²) < 4.78 is 13.2. The number of anilines is 1. The average Bonchev–Trinajstić information content (AvgIpc) is 2.29. The number of rotatable bonds is 3. The smallest absolute Gasteiger partial charge is 0.285 e. The van der Waals surface area contributed by atoms with Crippen molar-refractivity contribution >= 4 is 17.3 Å². The van der Waals surface area contributed by atoms with E-state index in [1.54, 1.807) is 0 Å². The molecule has 0 bridgehead atoms. The fraction of sp³-hybridized carbons (Fsp3) is 0.417. The van der Waals surface area contributed by atoms with E-state index in [2.05, 4.69) is 5.32 Å². The van der Waals surface area contributed by atoms with Crippen LogP contribution in [0.2, 0.25) is 0 Å². The van der Waals surface area contributed by atoms with E-state index in [0.717, 1.165) is 25.3 Å². The average molecular weight is 267 g/mol. The number of carbonyl (C=O) groups is 1. The summed E-state index contributed by atoms with van der Waals surface area (Å²) in [5.74, 6) is -1.50. The number of amides is 1. The van der Waals surface area contributed by atoms with Crippen LogP contribution < -0.4 is 11.1 Å². The quantitative estimate of drug-likeness (QED) is 0.497. The number of nitro benzene ring substituents is 1. The molecule has 1 aromatic carbocycles. The highest BCUT2D eigenvalue weighted by Gasteiger charge is 2.35. The monoisotopic (exact) mass is 267 g/mol. The van der Waals surface area contributed by atoms with Gasteiger partial charge in [-0.2, -0.15) is 0 Å². The van der Waals surface area contributed by atoms with E-state index in [-0.39, 0.29) is 16.8 Å². The highest BCUT2D eigenvalue weighted by Crippen LogP contribution is 2.32. The van der Waals surface area contributed by atoms with Crippen LogP contribution in [0.5, 0.6) is 0 Å². The molecule has 0 aliphatic heterocycles. The number of nitrogens with zero attached hydrogens (tertiary/aromatic N) is 1. The molecule has 2 rings (SSSR count). The predicted octanol–water partition coefficient (Wildman–Crippen LogP) is 1.99. The van der Waals surface area contributed by atoms with E-state index in [1.165, 1.54) is 0 Å². The van der Waals surface area contributed by atoms with Crippen LogP contribution >= 0.6 is 0 Å². The third kappa shape index (κ3) is 2.49. The second-order valence-electron chi connectivity index (χ2n) is 5.02. The molecule has 6 nitrogen and oxygen atoms in total. The van der Waals surface area contributed by atoms with E-state index >= 15 is 0 Å². The Balaban J connectivity index is 2.34. The van der Waals surface area contributed by atoms with E-state index in [0.29, 0.717) is 6.07 Å². The molecule has 1 aromatic rings. The number of nitrogen functional groups attached to an aromatic ring is 1. The van der Waals surface area contributed by atoms with Crippen molar-refractivity contribution in [3.8, 4) is 0 Å². The van der Waals surface area contributed by atoms with Crippen LogP contribution in [0.3, 0.4) is 0 Å². The highest BCUT2D eigenvalue weighted by atomic mass is 19.1. The molecule has 1 aliphatic carbocycles. The zero-order valence-electron chi connectivity index (χ0n) is 10.4. The number of hydrogen-bond acceptors (Lipinski definition) is 4. The predicted molar refractivity (Wildman–Crippen MR) is 67.2 cm³/mol. The molecule has 1 amide bonds. The van der Waals surface area contributed by atoms with E-state index < -0.39 is 22.3 Å². The molecule has 0 aromatic heterocycles. The van der Waals surface area contributed by atoms with E-state index in [9.17, 15) is 19.3 Å². The Kier molecular flexibility index (Phi) is 3.13. The van der Waals surface area contributed by atoms with Crippen LogP contribution in [0.4, 0.5) is 15.8 Å². The molecule has 0 unspecified atom stereocenters. The number of benzene rings is 1. The molecule has 0 spiro atoms. The number of nitro groups is 1. The highest BCUT2D eigenvalue weighted by molar-refractivity contribution is 5.99. The third-order valence-electron chi connectivity index (χ3n) is 3.43. The maximum Gasteiger partial charge on any atom is 0.285 e. The first-order valence-electron chi connectivity index (χ1n) is 5.88. The van der Waals surface area contributed by atoms with Gasteiger partial charge >= 0.3 is 0 Å². The molecule has 102 valence electrons. The third-order valence-corrected chi connectivity index (χ3v) is 3.43. The number of nitrogens with two attached hydrogens (primary N) is 1. The van der Waals surface area contributed by atoms with Gasteiger partial charge in [-0.15, -0.1) is 0 Å². The van der Waals surface area contributed by atoms with E-state index in [1.807, 2.05) is 6.92 Å². The van der Waals surface area contributed by atoms with Crippen LogP contribution in [0.25, 0.3) is 0 Å². The fourth-order valence-electron chi connectivity index (χ4n) is 2.09. The van der Waals surface area contributed by atoms with Crippen LogP contribution in [0, 0.1) is 15.9 Å². The van der Waals surface area contributed by atoms with Crippen LogP contribution in [-0.2, 0) is 0 Å². The molecule has 1 fully saturated rings. The van der Waals surface area contributed by atoms with Crippen molar-refractivity contribution in [1.29, 1.82) is 0 Å². The van der Waals surface area contributed by atoms with Gasteiger partial charge in [-0.05, 0) is 32.3 Å². The number of halogens is 1. The number of carbonyl (C=O) groups excluding carboxylic acids is 1. The van der Waals surface area contributed by atoms with Gasteiger partial charge in [-0.25, -0.2) is 4.39 Å². The van der Waals surface area contributed by atoms with Gasteiger partial charge in [0.05, 0.1) is 16.7 Å². The van der Waals surface area contributed by atoms with Gasteiger partial charge in [0.2, 0.25) is 0 Å². The lowest BCUT2D eigenvalue weighted by molar-refractivity contribution is -0.385. The molecule has 7 heteroatoms. The van der Waals surface area contributed by atoms with Crippen molar-refractivity contribution in [2.45, 2.75) is 31.7 Å². The van der Waals surface area contributed by atoms with E-state index in [4.69, 9.17) is 5.73 Å². The molecule has 19 heavy (non-hydrogen) atoms. The summed E-state index contributed by atoms with van der Waals surface area (Å²) in [4.78, 5) is 22.1. The first kappa shape index (κ1) is 13.3. The van der Waals surface area contributed by atoms with Crippen molar-refractivity contribution in [2.24, 2.45) is 0 Å². The van der Waals surface area contributed by atoms with Crippen molar-refractivity contribution in [3.05, 3.63) is 33.6 Å². The summed E-state index contributed by atoms with van der Waals surface area (Å²) in [7, 11) is 0. The van der Waals surface area contributed by atoms with Crippen molar-refractivity contribution in [2.75, 3.05) is 5.73 Å². The van der Waals surface area contributed by atoms with Crippen LogP contribution in [-0.4, -0.2) is 16.4 Å². The fourth-order valence-corrected chi connectivity index (χ4v) is 2.09. The number of nitrogens with one attached hydrogen (secondary N) is 1. The SMILES string of the molecule is CC1(NC(=O)c2cc(N)c(F)cc2[N+](=O)[O-])CCC1. The van der Waals surface area contributed by atoms with Crippen molar-refractivity contribution < 1.29 is 14.1 Å². The molecule has 0 atom stereocenters. The normalized spacial score (nSPS) is 16.5. The second kappa shape index (κ2) is 4.49. The molecule has 0 radical (unpaired) electrons. The summed E-state index contributed by atoms with van der Waals surface area (Å²) in [5, 5.41) is 13.6. The van der Waals surface area contributed by atoms with Gasteiger partial charge < -0.3 is 11.1 Å². The Morgan fingerprint density at radius 2 is 2.16 bits per heavy atom. The first-order chi connectivity index (χ1) is 8.82. The summed E-state index contributed by atoms with van der Waals surface area (Å²) in [5.41, 5.74) is 3.95. The van der Waals surface area contributed by atoms with Gasteiger partial charge in [0.1, 0.15) is 5.56 Å². The lowest BCUT2D eigenvalue weighted by Gasteiger charge is -2.39. The zero-order valence-corrected chi connectivity index (χ0v) is 10.4. The topological polar surface area (TPSA) is 98.3 Å². The summed E-state index contributed by atoms with van der Waals surface area (Å²) in [6, 6.07) is 1.68. The minimum absolute atomic E-state index is 0.211. The second-order valence-corrected chi connectivity index (χ2v) is 5.02. The largest absolute Gasteiger partial charge is 0.396 e. The standard InChI is InChI=1S/C12H14FN3O3/c1-12(3-2-4-12)15-11(17)7-5-9(14)8(13)6-10(7)16(18)19/h5-6H,2-4,14H2,1H3,(H,15,17). The minimum Gasteiger partial charge on any atom is -0.396 e. The maximum atomic E-state index is 13.2. The van der Waals surface area contributed by atoms with Gasteiger partial charge in [-0.1, -0.05) is 0 Å². The van der Waals surface area contributed by atoms with Gasteiger partial charge in [-0.3, -0.25) is 14.9 Å². The van der Waals surface area contributed by atoms with Gasteiger partial charge in [0, 0.05) is 5.54 Å². The van der Waals surface area contributed by atoms with Crippen molar-refractivity contribution in [1.82, 2.24) is 5.32 Å². The maximum absolute atomic E-state index is 13.2. The van der Waals surface area contributed by atoms with Crippen LogP contribution in [0.1, 0.15) is 36.5 Å². The van der Waals surface area contributed by atoms with Crippen LogP contribution in [0.15, 0.2) is 12.1 Å². The Bertz CT molecular complexity index is 555. The lowest BCUT2D eigenvalue weighted by atomic mass is 9.78. The zero-order chi connectivity index (χ0) is 14.2. The molecule has 0 heterocycles. The summed E-state index contributed by atoms with van der Waals surface area (Å²) in [6.45, 7) is 1.87. The Labute approximate surface area is 108 Å². The summed E-state index contributed by atoms with van der Waals surface area (Å²) in [6.07, 6.45) is 2.65. The van der Waals surface area contributed by atoms with Gasteiger partial charge in [0.15, 0.2) is 5.82 Å². The molecule has 1 saturated carbocycles. The molecule has 0 saturated heterocycles. The first-order valence-corrected chi connectivity index (χ1v) is 5.88. The molecule has 1 aliphatic rings. The minimum atomic E-state index is -0.905.